The Morgan fingerprint density at radius 1 is 1.31 bits per heavy atom. The van der Waals surface area contributed by atoms with Crippen molar-refractivity contribution >= 4 is 5.91 Å². The fourth-order valence-corrected chi connectivity index (χ4v) is 1.67. The Labute approximate surface area is 97.0 Å². The zero-order chi connectivity index (χ0) is 12.0. The average molecular weight is 220 g/mol. The summed E-state index contributed by atoms with van der Waals surface area (Å²) in [6.07, 6.45) is 1.62. The normalized spacial score (nSPS) is 12.7. The van der Waals surface area contributed by atoms with E-state index in [-0.39, 0.29) is 18.0 Å². The van der Waals surface area contributed by atoms with Crippen LogP contribution in [0.4, 0.5) is 0 Å². The van der Waals surface area contributed by atoms with Gasteiger partial charge < -0.3 is 11.1 Å². The fraction of sp³-hybridized carbons (Fsp3) is 0.462. The van der Waals surface area contributed by atoms with Gasteiger partial charge in [-0.1, -0.05) is 44.2 Å². The zero-order valence-electron chi connectivity index (χ0n) is 9.94. The molecule has 1 amide bonds. The maximum Gasteiger partial charge on any atom is 0.234 e. The van der Waals surface area contributed by atoms with Gasteiger partial charge in [-0.15, -0.1) is 0 Å². The molecule has 0 heterocycles. The first-order valence-corrected chi connectivity index (χ1v) is 5.69. The molecule has 1 aromatic rings. The molecule has 0 spiro atoms. The molecule has 0 saturated carbocycles. The largest absolute Gasteiger partial charge is 0.368 e. The van der Waals surface area contributed by atoms with Gasteiger partial charge in [0.15, 0.2) is 0 Å². The van der Waals surface area contributed by atoms with Crippen molar-refractivity contribution in [1.82, 2.24) is 5.32 Å². The van der Waals surface area contributed by atoms with Crippen molar-refractivity contribution in [2.45, 2.75) is 38.8 Å². The van der Waals surface area contributed by atoms with Gasteiger partial charge in [0.25, 0.3) is 0 Å². The molecule has 0 fully saturated rings. The predicted octanol–water partition coefficient (Wildman–Crippen LogP) is 1.47. The third kappa shape index (κ3) is 4.45. The number of benzene rings is 1. The second kappa shape index (κ2) is 6.28. The zero-order valence-corrected chi connectivity index (χ0v) is 9.94. The highest BCUT2D eigenvalue weighted by molar-refractivity contribution is 5.79. The van der Waals surface area contributed by atoms with E-state index in [1.807, 2.05) is 32.0 Å². The molecule has 0 saturated heterocycles. The molecule has 1 atom stereocenters. The lowest BCUT2D eigenvalue weighted by Gasteiger charge is -2.17. The molecule has 1 rings (SSSR count). The second-order valence-electron chi connectivity index (χ2n) is 4.30. The lowest BCUT2D eigenvalue weighted by Crippen LogP contribution is -2.44. The van der Waals surface area contributed by atoms with Crippen LogP contribution >= 0.6 is 0 Å². The van der Waals surface area contributed by atoms with Gasteiger partial charge in [0.1, 0.15) is 0 Å². The molecule has 0 bridgehead atoms. The quantitative estimate of drug-likeness (QED) is 0.762. The van der Waals surface area contributed by atoms with E-state index >= 15 is 0 Å². The first-order valence-electron chi connectivity index (χ1n) is 5.69. The van der Waals surface area contributed by atoms with Crippen molar-refractivity contribution in [1.29, 1.82) is 0 Å². The van der Waals surface area contributed by atoms with Crippen LogP contribution in [-0.4, -0.2) is 18.0 Å². The van der Waals surface area contributed by atoms with Crippen LogP contribution in [0.3, 0.4) is 0 Å². The van der Waals surface area contributed by atoms with Crippen molar-refractivity contribution in [2.75, 3.05) is 0 Å². The molecule has 0 aliphatic heterocycles. The maximum atomic E-state index is 11.2. The summed E-state index contributed by atoms with van der Waals surface area (Å²) in [5, 5.41) is 3.17. The van der Waals surface area contributed by atoms with Crippen LogP contribution in [0.2, 0.25) is 0 Å². The molecule has 88 valence electrons. The molecule has 0 radical (unpaired) electrons. The van der Waals surface area contributed by atoms with Crippen molar-refractivity contribution in [3.8, 4) is 0 Å². The molecule has 0 aromatic heterocycles. The fourth-order valence-electron chi connectivity index (χ4n) is 1.67. The Kier molecular flexibility index (Phi) is 4.99. The minimum absolute atomic E-state index is 0.236. The SMILES string of the molecule is CC(C)N[C@@H](CCc1ccccc1)C(N)=O. The molecule has 0 aliphatic rings. The van der Waals surface area contributed by atoms with Crippen molar-refractivity contribution in [3.05, 3.63) is 35.9 Å². The van der Waals surface area contributed by atoms with E-state index in [1.54, 1.807) is 0 Å². The molecule has 3 nitrogen and oxygen atoms in total. The summed E-state index contributed by atoms with van der Waals surface area (Å²) in [4.78, 5) is 11.2. The summed E-state index contributed by atoms with van der Waals surface area (Å²) in [6, 6.07) is 10.2. The Bertz CT molecular complexity index is 322. The second-order valence-corrected chi connectivity index (χ2v) is 4.30. The minimum Gasteiger partial charge on any atom is -0.368 e. The topological polar surface area (TPSA) is 55.1 Å². The summed E-state index contributed by atoms with van der Waals surface area (Å²) in [7, 11) is 0. The number of carbonyl (C=O) groups excluding carboxylic acids is 1. The standard InChI is InChI=1S/C13H20N2O/c1-10(2)15-12(13(14)16)9-8-11-6-4-3-5-7-11/h3-7,10,12,15H,8-9H2,1-2H3,(H2,14,16)/t12-/m0/s1. The monoisotopic (exact) mass is 220 g/mol. The van der Waals surface area contributed by atoms with Gasteiger partial charge >= 0.3 is 0 Å². The summed E-state index contributed by atoms with van der Waals surface area (Å²) in [6.45, 7) is 4.02. The van der Waals surface area contributed by atoms with Crippen LogP contribution in [0.15, 0.2) is 30.3 Å². The van der Waals surface area contributed by atoms with Crippen LogP contribution in [0, 0.1) is 0 Å². The molecule has 0 unspecified atom stereocenters. The minimum atomic E-state index is -0.273. The first-order chi connectivity index (χ1) is 7.59. The maximum absolute atomic E-state index is 11.2. The van der Waals surface area contributed by atoms with E-state index in [2.05, 4.69) is 17.4 Å². The van der Waals surface area contributed by atoms with Crippen LogP contribution in [0.1, 0.15) is 25.8 Å². The van der Waals surface area contributed by atoms with Gasteiger partial charge in [-0.3, -0.25) is 4.79 Å². The number of hydrogen-bond acceptors (Lipinski definition) is 2. The summed E-state index contributed by atoms with van der Waals surface area (Å²) in [5.74, 6) is -0.273. The molecular weight excluding hydrogens is 200 g/mol. The van der Waals surface area contributed by atoms with Crippen LogP contribution < -0.4 is 11.1 Å². The third-order valence-corrected chi connectivity index (χ3v) is 2.44. The van der Waals surface area contributed by atoms with Crippen LogP contribution in [0.5, 0.6) is 0 Å². The Balaban J connectivity index is 2.47. The molecule has 3 heteroatoms. The van der Waals surface area contributed by atoms with E-state index in [0.29, 0.717) is 0 Å². The van der Waals surface area contributed by atoms with Crippen LogP contribution in [0.25, 0.3) is 0 Å². The molecule has 1 aromatic carbocycles. The van der Waals surface area contributed by atoms with E-state index in [4.69, 9.17) is 5.73 Å². The highest BCUT2D eigenvalue weighted by Gasteiger charge is 2.15. The van der Waals surface area contributed by atoms with Gasteiger partial charge in [0, 0.05) is 6.04 Å². The number of hydrogen-bond donors (Lipinski definition) is 2. The van der Waals surface area contributed by atoms with Crippen molar-refractivity contribution in [2.24, 2.45) is 5.73 Å². The Morgan fingerprint density at radius 2 is 1.94 bits per heavy atom. The lowest BCUT2D eigenvalue weighted by atomic mass is 10.0. The molecular formula is C13H20N2O. The van der Waals surface area contributed by atoms with Crippen molar-refractivity contribution < 1.29 is 4.79 Å². The summed E-state index contributed by atoms with van der Waals surface area (Å²) >= 11 is 0. The molecule has 16 heavy (non-hydrogen) atoms. The smallest absolute Gasteiger partial charge is 0.234 e. The van der Waals surface area contributed by atoms with Gasteiger partial charge in [0.2, 0.25) is 5.91 Å². The Morgan fingerprint density at radius 3 is 2.44 bits per heavy atom. The third-order valence-electron chi connectivity index (χ3n) is 2.44. The van der Waals surface area contributed by atoms with E-state index in [1.165, 1.54) is 5.56 Å². The van der Waals surface area contributed by atoms with E-state index in [0.717, 1.165) is 12.8 Å². The molecule has 0 aliphatic carbocycles. The number of rotatable bonds is 6. The van der Waals surface area contributed by atoms with Crippen molar-refractivity contribution in [3.63, 3.8) is 0 Å². The number of nitrogens with one attached hydrogen (secondary N) is 1. The number of amides is 1. The summed E-state index contributed by atoms with van der Waals surface area (Å²) in [5.41, 5.74) is 6.58. The van der Waals surface area contributed by atoms with Gasteiger partial charge in [-0.25, -0.2) is 0 Å². The van der Waals surface area contributed by atoms with Gasteiger partial charge in [-0.2, -0.15) is 0 Å². The number of aryl methyl sites for hydroxylation is 1. The lowest BCUT2D eigenvalue weighted by molar-refractivity contribution is -0.120. The number of carbonyl (C=O) groups is 1. The highest BCUT2D eigenvalue weighted by Crippen LogP contribution is 2.05. The van der Waals surface area contributed by atoms with E-state index in [9.17, 15) is 4.79 Å². The van der Waals surface area contributed by atoms with Crippen LogP contribution in [-0.2, 0) is 11.2 Å². The number of primary amides is 1. The Hall–Kier alpha value is -1.35. The van der Waals surface area contributed by atoms with Gasteiger partial charge in [-0.05, 0) is 18.4 Å². The highest BCUT2D eigenvalue weighted by atomic mass is 16.1. The average Bonchev–Trinajstić information content (AvgIpc) is 2.25. The molecule has 3 N–H and O–H groups in total. The summed E-state index contributed by atoms with van der Waals surface area (Å²) < 4.78 is 0. The number of nitrogens with two attached hydrogens (primary N) is 1. The first kappa shape index (κ1) is 12.7. The predicted molar refractivity (Wildman–Crippen MR) is 66.0 cm³/mol. The van der Waals surface area contributed by atoms with E-state index < -0.39 is 0 Å². The van der Waals surface area contributed by atoms with Gasteiger partial charge in [0.05, 0.1) is 6.04 Å².